The number of halogens is 1. The van der Waals surface area contributed by atoms with Gasteiger partial charge >= 0.3 is 0 Å². The number of nitrogens with zero attached hydrogens (tertiary/aromatic N) is 22. The van der Waals surface area contributed by atoms with Gasteiger partial charge in [-0.05, 0) is 250 Å². The summed E-state index contributed by atoms with van der Waals surface area (Å²) in [4.78, 5) is 27.3. The maximum absolute atomic E-state index is 12.8. The number of ether oxygens (including phenoxy) is 2. The summed E-state index contributed by atoms with van der Waals surface area (Å²) in [5.41, 5.74) is 8.20. The molecule has 0 atom stereocenters. The molecule has 0 aliphatic rings. The molecule has 0 aliphatic carbocycles. The van der Waals surface area contributed by atoms with Gasteiger partial charge in [-0.25, -0.2) is 4.98 Å². The van der Waals surface area contributed by atoms with Crippen LogP contribution in [0.25, 0.3) is 0 Å². The van der Waals surface area contributed by atoms with Crippen molar-refractivity contribution in [1.29, 1.82) is 0 Å². The number of anilines is 6. The lowest BCUT2D eigenvalue weighted by molar-refractivity contribution is 0.313. The second kappa shape index (κ2) is 45.4. The van der Waals surface area contributed by atoms with Crippen LogP contribution in [-0.2, 0) is 63.4 Å². The van der Waals surface area contributed by atoms with E-state index >= 15 is 0 Å². The van der Waals surface area contributed by atoms with Crippen molar-refractivity contribution in [3.63, 3.8) is 0 Å². The molecule has 714 valence electrons. The van der Waals surface area contributed by atoms with Crippen molar-refractivity contribution >= 4 is 188 Å². The first kappa shape index (κ1) is 100. The van der Waals surface area contributed by atoms with Crippen molar-refractivity contribution in [2.45, 2.75) is 73.0 Å². The Morgan fingerprint density at radius 3 is 1.18 bits per heavy atom. The minimum Gasteiger partial charge on any atom is -0.493 e. The highest BCUT2D eigenvalue weighted by Gasteiger charge is 2.24. The summed E-state index contributed by atoms with van der Waals surface area (Å²) in [5, 5.41) is 81.2. The normalized spacial score (nSPS) is 12.4. The number of azo groups is 8. The first-order valence-corrected chi connectivity index (χ1v) is 49.7. The monoisotopic (exact) mass is 2000 g/mol. The Morgan fingerprint density at radius 2 is 0.707 bits per heavy atom. The van der Waals surface area contributed by atoms with Gasteiger partial charge in [0, 0.05) is 49.3 Å². The first-order valence-electron chi connectivity index (χ1n) is 41.9. The maximum Gasteiger partial charge on any atom is 0.296 e. The quantitative estimate of drug-likeness (QED) is 0.00976. The van der Waals surface area contributed by atoms with E-state index in [1.165, 1.54) is 84.9 Å². The van der Waals surface area contributed by atoms with E-state index in [4.69, 9.17) is 51.0 Å². The fourth-order valence-electron chi connectivity index (χ4n) is 12.7. The molecule has 43 nitrogen and oxygen atoms in total. The number of aromatic nitrogens is 6. The molecule has 2 aromatic heterocycles. The third kappa shape index (κ3) is 29.3. The average Bonchev–Trinajstić information content (AvgIpc) is 0.806. The number of benzene rings is 12. The minimum atomic E-state index is -4.90. The molecule has 0 spiro atoms. The minimum absolute atomic E-state index is 0.00947. The third-order valence-electron chi connectivity index (χ3n) is 19.5. The summed E-state index contributed by atoms with van der Waals surface area (Å²) in [5.74, 6) is 0.347. The number of hydrogen-bond donors (Lipinski definition) is 9. The lowest BCUT2D eigenvalue weighted by Gasteiger charge is -2.16. The van der Waals surface area contributed by atoms with E-state index in [0.29, 0.717) is 102 Å². The number of nitrogens with one attached hydrogen (secondary N) is 4. The van der Waals surface area contributed by atoms with Crippen LogP contribution in [0.5, 0.6) is 11.5 Å². The molecule has 49 heteroatoms. The van der Waals surface area contributed by atoms with E-state index in [2.05, 4.69) is 103 Å². The molecule has 2 heterocycles. The standard InChI is InChI=1S/C91H81ClN26O17S5/c1-5-43-134-83-55-80(118-116-78-40-32-71(52-85(78)140(131,132)133)112-104-62-15-10-7-11-16-62)74(92)53-81(83)96-91-101-89(100-90(102-91)95-69-30-38-76(58(4)48-69)113-109-65-22-18-63(19-23-65)105-107-67-26-33-72(34-27-67)137(122,123)124)94-42-41-93-88-98-86(49-59-17-37-75(56(2)46-59)114-115-77-39-31-70(51-84(77)139(128,129)130)111-103-61-13-8-6-9-14-61)97-87(99-88)50-60-47-57(3)79(54-82(60)135-44-12-45-136(119,120)121)117-110-66-24-20-64(21-25-66)106-108-68-28-35-73(36-29-68)138(125,126)127/h6-11,13-40,46-48,51-55H,5,12,41-45,49-50H2,1-4H3,(H,119,120,121)(H,122,123,124)(H,125,126,127)(H,128,129,130)(H,131,132,133)(H,93,97,98,99)(H3,94,95,96,100,101,102). The second-order valence-electron chi connectivity index (χ2n) is 30.3. The molecule has 14 aromatic rings. The van der Waals surface area contributed by atoms with Crippen molar-refractivity contribution in [3.8, 4) is 11.5 Å². The number of aryl methyl sites for hydroxylation is 3. The zero-order chi connectivity index (χ0) is 99.1. The lowest BCUT2D eigenvalue weighted by atomic mass is 10.0. The summed E-state index contributed by atoms with van der Waals surface area (Å²) >= 11 is 6.99. The van der Waals surface area contributed by atoms with E-state index in [9.17, 15) is 64.9 Å². The highest BCUT2D eigenvalue weighted by molar-refractivity contribution is 7.87. The van der Waals surface area contributed by atoms with E-state index in [0.717, 1.165) is 12.1 Å². The van der Waals surface area contributed by atoms with Crippen LogP contribution in [0.1, 0.15) is 59.2 Å². The van der Waals surface area contributed by atoms with Gasteiger partial charge in [0.15, 0.2) is 0 Å². The van der Waals surface area contributed by atoms with Gasteiger partial charge in [-0.2, -0.15) is 133 Å². The van der Waals surface area contributed by atoms with Crippen molar-refractivity contribution < 1.29 is 74.3 Å². The van der Waals surface area contributed by atoms with Crippen LogP contribution < -0.4 is 30.7 Å². The Hall–Kier alpha value is -15.9. The third-order valence-corrected chi connectivity index (χ3v) is 24.2. The number of rotatable bonds is 41. The molecule has 0 amide bonds. The highest BCUT2D eigenvalue weighted by Crippen LogP contribution is 2.42. The van der Waals surface area contributed by atoms with E-state index in [-0.39, 0.29) is 141 Å². The molecular weight excluding hydrogens is 1920 g/mol. The zero-order valence-electron chi connectivity index (χ0n) is 74.0. The molecule has 0 radical (unpaired) electrons. The van der Waals surface area contributed by atoms with Crippen LogP contribution in [0.4, 0.5) is 126 Å². The molecule has 0 aliphatic heterocycles. The van der Waals surface area contributed by atoms with E-state index < -0.39 is 66.1 Å². The Morgan fingerprint density at radius 1 is 0.329 bits per heavy atom. The van der Waals surface area contributed by atoms with Crippen LogP contribution in [0, 0.1) is 20.8 Å². The van der Waals surface area contributed by atoms with Gasteiger partial charge in [-0.15, -0.1) is 15.3 Å². The maximum atomic E-state index is 12.8. The lowest BCUT2D eigenvalue weighted by Crippen LogP contribution is -2.19. The van der Waals surface area contributed by atoms with Gasteiger partial charge < -0.3 is 30.7 Å². The molecule has 0 bridgehead atoms. The van der Waals surface area contributed by atoms with Crippen LogP contribution in [0.3, 0.4) is 0 Å². The predicted octanol–water partition coefficient (Wildman–Crippen LogP) is 24.6. The van der Waals surface area contributed by atoms with Gasteiger partial charge in [-0.3, -0.25) is 22.8 Å². The summed E-state index contributed by atoms with van der Waals surface area (Å²) < 4.78 is 183. The van der Waals surface area contributed by atoms with Crippen molar-refractivity contribution in [2.75, 3.05) is 53.3 Å². The fraction of sp³-hybridized carbons (Fsp3) is 0.143. The first-order chi connectivity index (χ1) is 67.0. The summed E-state index contributed by atoms with van der Waals surface area (Å²) in [6.07, 6.45) is 0.480. The van der Waals surface area contributed by atoms with E-state index in [1.807, 2.05) is 19.9 Å². The Labute approximate surface area is 806 Å². The smallest absolute Gasteiger partial charge is 0.296 e. The Kier molecular flexibility index (Phi) is 32.4. The highest BCUT2D eigenvalue weighted by atomic mass is 35.5. The van der Waals surface area contributed by atoms with Gasteiger partial charge in [0.25, 0.3) is 50.6 Å². The second-order valence-corrected chi connectivity index (χ2v) is 37.9. The molecule has 0 fully saturated rings. The molecular formula is C91H81ClN26O17S5. The van der Waals surface area contributed by atoms with E-state index in [1.54, 1.807) is 166 Å². The van der Waals surface area contributed by atoms with Gasteiger partial charge in [-0.1, -0.05) is 67.1 Å². The molecule has 0 unspecified atom stereocenters. The van der Waals surface area contributed by atoms with Crippen LogP contribution in [0.15, 0.2) is 356 Å². The topological polar surface area (TPSA) is 614 Å². The SMILES string of the molecule is CCCOc1cc(N=Nc2ccc(N=Nc3ccccc3)cc2S(=O)(=O)O)c(Cl)cc1Nc1nc(NCCNc2nc(Cc3ccc(N=Nc4ccc(N=Nc5ccccc5)cc4S(=O)(=O)O)c(C)c3)nc(Cc3cc(C)c(N=Nc4ccc(N=Nc5ccc(S(=O)(=O)O)cc5)cc4)cc3OCCCS(=O)(=O)O)n2)nc(Nc2ccc(N=Nc3ccc(N=Nc4ccc(S(=O)(=O)O)cc4)cc3)c(C)c2)n1. The largest absolute Gasteiger partial charge is 0.493 e. The Bertz CT molecular complexity index is 7810. The van der Waals surface area contributed by atoms with Crippen LogP contribution in [0.2, 0.25) is 5.02 Å². The predicted molar refractivity (Wildman–Crippen MR) is 520 cm³/mol. The summed E-state index contributed by atoms with van der Waals surface area (Å²) in [6.45, 7) is 7.39. The van der Waals surface area contributed by atoms with Gasteiger partial charge in [0.2, 0.25) is 23.8 Å². The molecule has 9 N–H and O–H groups in total. The van der Waals surface area contributed by atoms with Gasteiger partial charge in [0.05, 0.1) is 113 Å². The molecule has 140 heavy (non-hydrogen) atoms. The van der Waals surface area contributed by atoms with Gasteiger partial charge in [0.1, 0.15) is 50.0 Å². The zero-order valence-corrected chi connectivity index (χ0v) is 78.8. The summed E-state index contributed by atoms with van der Waals surface area (Å²) in [6, 6.07) is 65.5. The number of hydrogen-bond acceptors (Lipinski definition) is 38. The molecule has 12 aromatic carbocycles. The Balaban J connectivity index is 0.756. The van der Waals surface area contributed by atoms with Crippen LogP contribution in [-0.4, -0.2) is 127 Å². The molecule has 0 saturated heterocycles. The van der Waals surface area contributed by atoms with Crippen molar-refractivity contribution in [1.82, 2.24) is 29.9 Å². The average molecular weight is 2010 g/mol. The fourth-order valence-corrected chi connectivity index (χ4v) is 15.7. The summed E-state index contributed by atoms with van der Waals surface area (Å²) in [7, 11) is -22.9. The van der Waals surface area contributed by atoms with Crippen molar-refractivity contribution in [2.24, 2.45) is 81.8 Å². The molecule has 0 saturated carbocycles. The van der Waals surface area contributed by atoms with Crippen LogP contribution >= 0.6 is 11.6 Å². The van der Waals surface area contributed by atoms with Crippen molar-refractivity contribution in [3.05, 3.63) is 299 Å². The molecule has 14 rings (SSSR count).